The summed E-state index contributed by atoms with van der Waals surface area (Å²) in [5, 5.41) is 2.71. The fourth-order valence-electron chi connectivity index (χ4n) is 2.45. The average molecular weight is 288 g/mol. The fourth-order valence-corrected chi connectivity index (χ4v) is 2.45. The lowest BCUT2D eigenvalue weighted by Crippen LogP contribution is -2.44. The Hall–Kier alpha value is -2.17. The standard InChI is InChI=1S/C16H20N2O3/c1-3-4-10-16(2)14(20)18(15(21)17-16)11-13(19)12-8-6-5-7-9-12/h5-9H,3-4,10-11H2,1-2H3,(H,17,21). The lowest BCUT2D eigenvalue weighted by molar-refractivity contribution is -0.130. The quantitative estimate of drug-likeness (QED) is 0.645. The molecular weight excluding hydrogens is 268 g/mol. The molecule has 1 atom stereocenters. The van der Waals surface area contributed by atoms with Gasteiger partial charge in [-0.05, 0) is 13.3 Å². The van der Waals surface area contributed by atoms with E-state index < -0.39 is 11.6 Å². The second-order valence-electron chi connectivity index (χ2n) is 5.55. The van der Waals surface area contributed by atoms with Gasteiger partial charge in [-0.2, -0.15) is 0 Å². The van der Waals surface area contributed by atoms with Crippen LogP contribution in [0.15, 0.2) is 30.3 Å². The van der Waals surface area contributed by atoms with E-state index in [1.54, 1.807) is 31.2 Å². The third-order valence-corrected chi connectivity index (χ3v) is 3.77. The van der Waals surface area contributed by atoms with Gasteiger partial charge < -0.3 is 5.32 Å². The average Bonchev–Trinajstić information content (AvgIpc) is 2.70. The van der Waals surface area contributed by atoms with Crippen molar-refractivity contribution in [3.8, 4) is 0 Å². The molecular formula is C16H20N2O3. The van der Waals surface area contributed by atoms with Crippen molar-refractivity contribution in [1.29, 1.82) is 0 Å². The van der Waals surface area contributed by atoms with Crippen LogP contribution < -0.4 is 5.32 Å². The summed E-state index contributed by atoms with van der Waals surface area (Å²) >= 11 is 0. The molecule has 5 heteroatoms. The zero-order valence-corrected chi connectivity index (χ0v) is 12.4. The third-order valence-electron chi connectivity index (χ3n) is 3.77. The van der Waals surface area contributed by atoms with Gasteiger partial charge in [0.25, 0.3) is 5.91 Å². The number of benzene rings is 1. The molecule has 21 heavy (non-hydrogen) atoms. The summed E-state index contributed by atoms with van der Waals surface area (Å²) in [7, 11) is 0. The number of Topliss-reactive ketones (excluding diaryl/α,β-unsaturated/α-hetero) is 1. The minimum absolute atomic E-state index is 0.212. The van der Waals surface area contributed by atoms with Gasteiger partial charge in [0.1, 0.15) is 5.54 Å². The minimum Gasteiger partial charge on any atom is -0.323 e. The Morgan fingerprint density at radius 3 is 2.52 bits per heavy atom. The van der Waals surface area contributed by atoms with Crippen LogP contribution in [0.5, 0.6) is 0 Å². The Morgan fingerprint density at radius 1 is 1.24 bits per heavy atom. The van der Waals surface area contributed by atoms with Gasteiger partial charge in [0, 0.05) is 5.56 Å². The Labute approximate surface area is 124 Å². The number of carbonyl (C=O) groups is 3. The molecule has 1 fully saturated rings. The maximum atomic E-state index is 12.4. The number of hydrogen-bond donors (Lipinski definition) is 1. The second kappa shape index (κ2) is 6.08. The van der Waals surface area contributed by atoms with Crippen molar-refractivity contribution in [2.75, 3.05) is 6.54 Å². The predicted octanol–water partition coefficient (Wildman–Crippen LogP) is 2.37. The van der Waals surface area contributed by atoms with E-state index in [0.29, 0.717) is 12.0 Å². The third kappa shape index (κ3) is 3.12. The number of amides is 3. The first-order valence-electron chi connectivity index (χ1n) is 7.20. The van der Waals surface area contributed by atoms with E-state index in [4.69, 9.17) is 0 Å². The number of carbonyl (C=O) groups excluding carboxylic acids is 3. The van der Waals surface area contributed by atoms with E-state index in [-0.39, 0.29) is 18.2 Å². The topological polar surface area (TPSA) is 66.5 Å². The number of imide groups is 1. The van der Waals surface area contributed by atoms with E-state index in [0.717, 1.165) is 17.7 Å². The molecule has 0 aliphatic carbocycles. The number of rotatable bonds is 6. The molecule has 1 N–H and O–H groups in total. The van der Waals surface area contributed by atoms with Crippen LogP contribution in [0.1, 0.15) is 43.5 Å². The van der Waals surface area contributed by atoms with Crippen molar-refractivity contribution in [1.82, 2.24) is 10.2 Å². The van der Waals surface area contributed by atoms with E-state index >= 15 is 0 Å². The monoisotopic (exact) mass is 288 g/mol. The Kier molecular flexibility index (Phi) is 4.40. The fraction of sp³-hybridized carbons (Fsp3) is 0.438. The van der Waals surface area contributed by atoms with Crippen molar-refractivity contribution in [2.24, 2.45) is 0 Å². The van der Waals surface area contributed by atoms with Gasteiger partial charge in [-0.3, -0.25) is 14.5 Å². The SMILES string of the molecule is CCCCC1(C)NC(=O)N(CC(=O)c2ccccc2)C1=O. The van der Waals surface area contributed by atoms with Crippen molar-refractivity contribution >= 4 is 17.7 Å². The molecule has 1 unspecified atom stereocenters. The highest BCUT2D eigenvalue weighted by Crippen LogP contribution is 2.23. The molecule has 1 aliphatic heterocycles. The summed E-state index contributed by atoms with van der Waals surface area (Å²) in [6, 6.07) is 8.19. The summed E-state index contributed by atoms with van der Waals surface area (Å²) in [6.45, 7) is 3.54. The molecule has 0 bridgehead atoms. The van der Waals surface area contributed by atoms with Crippen LogP contribution in [0.4, 0.5) is 4.79 Å². The number of urea groups is 1. The van der Waals surface area contributed by atoms with Gasteiger partial charge in [0.2, 0.25) is 0 Å². The Morgan fingerprint density at radius 2 is 1.90 bits per heavy atom. The molecule has 0 aromatic heterocycles. The maximum Gasteiger partial charge on any atom is 0.325 e. The van der Waals surface area contributed by atoms with Gasteiger partial charge in [-0.1, -0.05) is 50.1 Å². The number of nitrogens with one attached hydrogen (secondary N) is 1. The van der Waals surface area contributed by atoms with E-state index in [1.807, 2.05) is 13.0 Å². The molecule has 0 radical (unpaired) electrons. The second-order valence-corrected chi connectivity index (χ2v) is 5.55. The largest absolute Gasteiger partial charge is 0.325 e. The number of unbranched alkanes of at least 4 members (excludes halogenated alkanes) is 1. The summed E-state index contributed by atoms with van der Waals surface area (Å²) < 4.78 is 0. The first-order chi connectivity index (χ1) is 9.98. The molecule has 0 saturated carbocycles. The first-order valence-corrected chi connectivity index (χ1v) is 7.20. The molecule has 1 aromatic carbocycles. The molecule has 3 amide bonds. The Bertz CT molecular complexity index is 556. The number of nitrogens with zero attached hydrogens (tertiary/aromatic N) is 1. The van der Waals surface area contributed by atoms with Crippen molar-refractivity contribution in [3.63, 3.8) is 0 Å². The van der Waals surface area contributed by atoms with Crippen molar-refractivity contribution in [3.05, 3.63) is 35.9 Å². The maximum absolute atomic E-state index is 12.4. The molecule has 1 saturated heterocycles. The molecule has 5 nitrogen and oxygen atoms in total. The minimum atomic E-state index is -0.885. The predicted molar refractivity (Wildman–Crippen MR) is 78.9 cm³/mol. The highest BCUT2D eigenvalue weighted by Gasteiger charge is 2.47. The van der Waals surface area contributed by atoms with Gasteiger partial charge in [0.05, 0.1) is 6.54 Å². The summed E-state index contributed by atoms with van der Waals surface area (Å²) in [5.41, 5.74) is -0.385. The van der Waals surface area contributed by atoms with Crippen molar-refractivity contribution in [2.45, 2.75) is 38.6 Å². The van der Waals surface area contributed by atoms with Crippen LogP contribution in [0.25, 0.3) is 0 Å². The van der Waals surface area contributed by atoms with Gasteiger partial charge in [0.15, 0.2) is 5.78 Å². The van der Waals surface area contributed by atoms with Crippen LogP contribution in [-0.4, -0.2) is 34.7 Å². The molecule has 1 heterocycles. The highest BCUT2D eigenvalue weighted by atomic mass is 16.2. The van der Waals surface area contributed by atoms with Crippen LogP contribution in [-0.2, 0) is 4.79 Å². The van der Waals surface area contributed by atoms with E-state index in [1.165, 1.54) is 0 Å². The zero-order chi connectivity index (χ0) is 15.5. The van der Waals surface area contributed by atoms with Crippen LogP contribution in [0, 0.1) is 0 Å². The molecule has 0 spiro atoms. The summed E-state index contributed by atoms with van der Waals surface area (Å²) in [4.78, 5) is 37.5. The smallest absolute Gasteiger partial charge is 0.323 e. The molecule has 1 aromatic rings. The zero-order valence-electron chi connectivity index (χ0n) is 12.4. The van der Waals surface area contributed by atoms with Crippen molar-refractivity contribution < 1.29 is 14.4 Å². The van der Waals surface area contributed by atoms with E-state index in [2.05, 4.69) is 5.32 Å². The van der Waals surface area contributed by atoms with Gasteiger partial charge in [-0.25, -0.2) is 4.79 Å². The first kappa shape index (κ1) is 15.2. The van der Waals surface area contributed by atoms with E-state index in [9.17, 15) is 14.4 Å². The highest BCUT2D eigenvalue weighted by molar-refractivity contribution is 6.10. The summed E-state index contributed by atoms with van der Waals surface area (Å²) in [5.74, 6) is -0.552. The number of ketones is 1. The normalized spacial score (nSPS) is 21.5. The number of hydrogen-bond acceptors (Lipinski definition) is 3. The van der Waals surface area contributed by atoms with Crippen LogP contribution in [0.2, 0.25) is 0 Å². The lowest BCUT2D eigenvalue weighted by Gasteiger charge is -2.21. The summed E-state index contributed by atoms with van der Waals surface area (Å²) in [6.07, 6.45) is 2.38. The Balaban J connectivity index is 2.09. The van der Waals surface area contributed by atoms with Crippen LogP contribution in [0.3, 0.4) is 0 Å². The van der Waals surface area contributed by atoms with Gasteiger partial charge in [-0.15, -0.1) is 0 Å². The molecule has 1 aliphatic rings. The molecule has 2 rings (SSSR count). The van der Waals surface area contributed by atoms with Crippen LogP contribution >= 0.6 is 0 Å². The van der Waals surface area contributed by atoms with Gasteiger partial charge >= 0.3 is 6.03 Å². The lowest BCUT2D eigenvalue weighted by atomic mass is 9.95. The molecule has 112 valence electrons.